The average molecular weight is 119 g/mol. The molecule has 0 aromatic rings. The number of rotatable bonds is 3. The van der Waals surface area contributed by atoms with E-state index in [0.29, 0.717) is 0 Å². The van der Waals surface area contributed by atoms with E-state index in [9.17, 15) is 4.79 Å². The molecular weight excluding hydrogens is 110 g/mol. The van der Waals surface area contributed by atoms with E-state index in [-0.39, 0.29) is 6.42 Å². The largest absolute Gasteiger partial charge is 0.394 e. The monoisotopic (exact) mass is 119 g/mol. The molecule has 0 radical (unpaired) electrons. The Bertz CT molecular complexity index is 83.4. The Hall–Kier alpha value is -0.610. The van der Waals surface area contributed by atoms with Crippen molar-refractivity contribution in [2.75, 3.05) is 6.61 Å². The molecule has 0 unspecified atom stereocenters. The van der Waals surface area contributed by atoms with Crippen LogP contribution >= 0.6 is 0 Å². The molecule has 8 heavy (non-hydrogen) atoms. The Kier molecular flexibility index (Phi) is 3.14. The van der Waals surface area contributed by atoms with E-state index in [0.717, 1.165) is 0 Å². The molecule has 0 aromatic heterocycles. The summed E-state index contributed by atoms with van der Waals surface area (Å²) in [6.45, 7) is -0.414. The van der Waals surface area contributed by atoms with Crippen LogP contribution in [0.5, 0.6) is 0 Å². The molecule has 0 aromatic carbocycles. The molecule has 0 saturated heterocycles. The van der Waals surface area contributed by atoms with Crippen molar-refractivity contribution in [3.05, 3.63) is 0 Å². The molecule has 1 amide bonds. The predicted octanol–water partition coefficient (Wildman–Crippen LogP) is -1.79. The molecule has 0 aliphatic heterocycles. The molecule has 0 aliphatic rings. The molecule has 48 valence electrons. The van der Waals surface area contributed by atoms with Crippen LogP contribution in [0, 0.1) is 0 Å². The number of primary amides is 1. The van der Waals surface area contributed by atoms with Crippen molar-refractivity contribution < 1.29 is 15.0 Å². The van der Waals surface area contributed by atoms with Gasteiger partial charge in [-0.1, -0.05) is 0 Å². The summed E-state index contributed by atoms with van der Waals surface area (Å²) < 4.78 is 0. The van der Waals surface area contributed by atoms with Crippen LogP contribution < -0.4 is 5.73 Å². The fourth-order valence-corrected chi connectivity index (χ4v) is 0.297. The minimum absolute atomic E-state index is 0.170. The summed E-state index contributed by atoms with van der Waals surface area (Å²) in [7, 11) is 0. The Balaban J connectivity index is 3.24. The van der Waals surface area contributed by atoms with Gasteiger partial charge in [0.2, 0.25) is 5.91 Å². The minimum atomic E-state index is -0.993. The highest BCUT2D eigenvalue weighted by Crippen LogP contribution is 1.85. The Labute approximate surface area is 46.9 Å². The van der Waals surface area contributed by atoms with Crippen LogP contribution in [0.15, 0.2) is 0 Å². The van der Waals surface area contributed by atoms with Gasteiger partial charge in [0.25, 0.3) is 0 Å². The summed E-state index contributed by atoms with van der Waals surface area (Å²) in [5, 5.41) is 16.6. The fourth-order valence-electron chi connectivity index (χ4n) is 0.297. The number of aliphatic hydroxyl groups is 2. The van der Waals surface area contributed by atoms with Crippen LogP contribution in [0.25, 0.3) is 0 Å². The second-order valence-corrected chi connectivity index (χ2v) is 1.51. The summed E-state index contributed by atoms with van der Waals surface area (Å²) in [6.07, 6.45) is -1.16. The van der Waals surface area contributed by atoms with Gasteiger partial charge >= 0.3 is 0 Å². The second-order valence-electron chi connectivity index (χ2n) is 1.51. The molecule has 4 heteroatoms. The first-order valence-electron chi connectivity index (χ1n) is 2.24. The van der Waals surface area contributed by atoms with Gasteiger partial charge < -0.3 is 15.9 Å². The molecule has 0 fully saturated rings. The van der Waals surface area contributed by atoms with Crippen LogP contribution in [-0.2, 0) is 4.79 Å². The normalized spacial score (nSPS) is 13.2. The molecule has 0 aliphatic carbocycles. The van der Waals surface area contributed by atoms with Crippen molar-refractivity contribution in [1.82, 2.24) is 0 Å². The van der Waals surface area contributed by atoms with Gasteiger partial charge in [0.1, 0.15) is 0 Å². The SMILES string of the molecule is NC(=O)C[C@H](O)CO. The lowest BCUT2D eigenvalue weighted by molar-refractivity contribution is -0.120. The summed E-state index contributed by atoms with van der Waals surface area (Å²) >= 11 is 0. The number of aliphatic hydroxyl groups excluding tert-OH is 2. The van der Waals surface area contributed by atoms with Crippen LogP contribution in [0.3, 0.4) is 0 Å². The third-order valence-corrected chi connectivity index (χ3v) is 0.648. The van der Waals surface area contributed by atoms with Gasteiger partial charge in [-0.05, 0) is 0 Å². The van der Waals surface area contributed by atoms with E-state index in [1.165, 1.54) is 0 Å². The third-order valence-electron chi connectivity index (χ3n) is 0.648. The first-order chi connectivity index (χ1) is 3.66. The molecule has 4 N–H and O–H groups in total. The van der Waals surface area contributed by atoms with E-state index < -0.39 is 18.6 Å². The predicted molar refractivity (Wildman–Crippen MR) is 26.9 cm³/mol. The zero-order valence-corrected chi connectivity index (χ0v) is 4.37. The van der Waals surface area contributed by atoms with Crippen LogP contribution in [0.1, 0.15) is 6.42 Å². The molecule has 4 nitrogen and oxygen atoms in total. The summed E-state index contributed by atoms with van der Waals surface area (Å²) in [5.74, 6) is -0.605. The lowest BCUT2D eigenvalue weighted by atomic mass is 10.3. The lowest BCUT2D eigenvalue weighted by Crippen LogP contribution is -2.22. The fraction of sp³-hybridized carbons (Fsp3) is 0.750. The van der Waals surface area contributed by atoms with Crippen molar-refractivity contribution in [2.24, 2.45) is 5.73 Å². The van der Waals surface area contributed by atoms with Crippen LogP contribution in [0.2, 0.25) is 0 Å². The Morgan fingerprint density at radius 3 is 2.38 bits per heavy atom. The van der Waals surface area contributed by atoms with E-state index in [2.05, 4.69) is 5.73 Å². The van der Waals surface area contributed by atoms with Gasteiger partial charge in [-0.15, -0.1) is 0 Å². The van der Waals surface area contributed by atoms with E-state index >= 15 is 0 Å². The average Bonchev–Trinajstić information content (AvgIpc) is 1.65. The van der Waals surface area contributed by atoms with Crippen LogP contribution in [0.4, 0.5) is 0 Å². The molecular formula is C4H9NO3. The quantitative estimate of drug-likeness (QED) is 0.410. The van der Waals surface area contributed by atoms with Gasteiger partial charge in [0.05, 0.1) is 19.1 Å². The molecule has 0 heterocycles. The maximum absolute atomic E-state index is 9.92. The molecule has 0 saturated carbocycles. The minimum Gasteiger partial charge on any atom is -0.394 e. The second kappa shape index (κ2) is 3.40. The van der Waals surface area contributed by atoms with Crippen molar-refractivity contribution in [1.29, 1.82) is 0 Å². The number of carbonyl (C=O) groups is 1. The third kappa shape index (κ3) is 3.58. The number of carbonyl (C=O) groups excluding carboxylic acids is 1. The number of hydrogen-bond donors (Lipinski definition) is 3. The first kappa shape index (κ1) is 7.39. The summed E-state index contributed by atoms with van der Waals surface area (Å²) in [5.41, 5.74) is 4.66. The molecule has 1 atom stereocenters. The maximum atomic E-state index is 9.92. The van der Waals surface area contributed by atoms with Gasteiger partial charge in [0, 0.05) is 0 Å². The molecule has 0 bridgehead atoms. The summed E-state index contributed by atoms with van der Waals surface area (Å²) in [6, 6.07) is 0. The van der Waals surface area contributed by atoms with E-state index in [1.54, 1.807) is 0 Å². The Morgan fingerprint density at radius 2 is 2.25 bits per heavy atom. The zero-order chi connectivity index (χ0) is 6.57. The molecule has 0 spiro atoms. The van der Waals surface area contributed by atoms with E-state index in [1.807, 2.05) is 0 Å². The van der Waals surface area contributed by atoms with Gasteiger partial charge in [-0.2, -0.15) is 0 Å². The lowest BCUT2D eigenvalue weighted by Gasteiger charge is -2.00. The number of hydrogen-bond acceptors (Lipinski definition) is 3. The number of amides is 1. The highest BCUT2D eigenvalue weighted by Gasteiger charge is 2.03. The van der Waals surface area contributed by atoms with Crippen molar-refractivity contribution >= 4 is 5.91 Å². The number of nitrogens with two attached hydrogens (primary N) is 1. The maximum Gasteiger partial charge on any atom is 0.220 e. The van der Waals surface area contributed by atoms with Crippen molar-refractivity contribution in [3.63, 3.8) is 0 Å². The van der Waals surface area contributed by atoms with Crippen molar-refractivity contribution in [2.45, 2.75) is 12.5 Å². The van der Waals surface area contributed by atoms with Gasteiger partial charge in [-0.3, -0.25) is 4.79 Å². The Morgan fingerprint density at radius 1 is 1.75 bits per heavy atom. The highest BCUT2D eigenvalue weighted by atomic mass is 16.3. The smallest absolute Gasteiger partial charge is 0.220 e. The first-order valence-corrected chi connectivity index (χ1v) is 2.24. The van der Waals surface area contributed by atoms with Crippen molar-refractivity contribution in [3.8, 4) is 0 Å². The van der Waals surface area contributed by atoms with Gasteiger partial charge in [0.15, 0.2) is 0 Å². The highest BCUT2D eigenvalue weighted by molar-refractivity contribution is 5.74. The topological polar surface area (TPSA) is 83.6 Å². The van der Waals surface area contributed by atoms with Gasteiger partial charge in [-0.25, -0.2) is 0 Å². The zero-order valence-electron chi connectivity index (χ0n) is 4.37. The summed E-state index contributed by atoms with van der Waals surface area (Å²) in [4.78, 5) is 9.92. The molecule has 0 rings (SSSR count). The van der Waals surface area contributed by atoms with E-state index in [4.69, 9.17) is 10.2 Å². The van der Waals surface area contributed by atoms with Crippen LogP contribution in [-0.4, -0.2) is 28.8 Å². The standard InChI is InChI=1S/C4H9NO3/c5-4(8)1-3(7)2-6/h3,6-7H,1-2H2,(H2,5,8)/t3-/m0/s1.